The monoisotopic (exact) mass is 337 g/mol. The van der Waals surface area contributed by atoms with Gasteiger partial charge >= 0.3 is 0 Å². The van der Waals surface area contributed by atoms with E-state index in [0.29, 0.717) is 0 Å². The fourth-order valence-corrected chi connectivity index (χ4v) is 3.16. The molecule has 2 aromatic carbocycles. The summed E-state index contributed by atoms with van der Waals surface area (Å²) in [6.45, 7) is 4.19. The Bertz CT molecular complexity index is 845. The number of H-pyrrole nitrogens is 1. The van der Waals surface area contributed by atoms with Gasteiger partial charge in [0.15, 0.2) is 0 Å². The summed E-state index contributed by atoms with van der Waals surface area (Å²) in [4.78, 5) is 3.46. The molecule has 1 aromatic heterocycles. The van der Waals surface area contributed by atoms with E-state index in [1.807, 2.05) is 37.3 Å². The van der Waals surface area contributed by atoms with E-state index in [-0.39, 0.29) is 5.75 Å². The predicted molar refractivity (Wildman–Crippen MR) is 98.7 cm³/mol. The van der Waals surface area contributed by atoms with Crippen molar-refractivity contribution in [3.8, 4) is 17.2 Å². The van der Waals surface area contributed by atoms with Gasteiger partial charge < -0.3 is 19.6 Å². The SMILES string of the molecule is COc1cc(OC)cc([C@](C)(c2ccc(O)cc2)c2ccc(C)[nH]2)c1. The lowest BCUT2D eigenvalue weighted by atomic mass is 9.73. The third-order valence-electron chi connectivity index (χ3n) is 4.74. The summed E-state index contributed by atoms with van der Waals surface area (Å²) < 4.78 is 10.9. The molecule has 1 heterocycles. The topological polar surface area (TPSA) is 54.5 Å². The molecule has 1 atom stereocenters. The van der Waals surface area contributed by atoms with Gasteiger partial charge in [0.2, 0.25) is 0 Å². The van der Waals surface area contributed by atoms with Gasteiger partial charge in [-0.15, -0.1) is 0 Å². The van der Waals surface area contributed by atoms with Crippen molar-refractivity contribution in [1.82, 2.24) is 4.98 Å². The molecule has 130 valence electrons. The molecule has 0 fully saturated rings. The molecule has 3 rings (SSSR count). The van der Waals surface area contributed by atoms with Crippen LogP contribution in [0.15, 0.2) is 54.6 Å². The molecule has 0 aliphatic heterocycles. The number of phenolic OH excluding ortho intramolecular Hbond substituents is 1. The van der Waals surface area contributed by atoms with Crippen molar-refractivity contribution in [3.63, 3.8) is 0 Å². The highest BCUT2D eigenvalue weighted by molar-refractivity contribution is 5.53. The van der Waals surface area contributed by atoms with E-state index < -0.39 is 5.41 Å². The molecule has 4 nitrogen and oxygen atoms in total. The lowest BCUT2D eigenvalue weighted by molar-refractivity contribution is 0.392. The Balaban J connectivity index is 2.26. The molecular formula is C21H23NO3. The largest absolute Gasteiger partial charge is 0.508 e. The molecule has 0 saturated heterocycles. The average Bonchev–Trinajstić information content (AvgIpc) is 3.08. The summed E-state index contributed by atoms with van der Waals surface area (Å²) >= 11 is 0. The number of aryl methyl sites for hydroxylation is 1. The number of hydrogen-bond acceptors (Lipinski definition) is 3. The minimum atomic E-state index is -0.455. The van der Waals surface area contributed by atoms with Crippen molar-refractivity contribution in [1.29, 1.82) is 0 Å². The Labute approximate surface area is 148 Å². The number of nitrogens with one attached hydrogen (secondary N) is 1. The normalized spacial score (nSPS) is 13.3. The van der Waals surface area contributed by atoms with Gasteiger partial charge in [-0.2, -0.15) is 0 Å². The summed E-state index contributed by atoms with van der Waals surface area (Å²) in [7, 11) is 3.30. The number of aromatic nitrogens is 1. The highest BCUT2D eigenvalue weighted by Crippen LogP contribution is 2.41. The smallest absolute Gasteiger partial charge is 0.122 e. The van der Waals surface area contributed by atoms with E-state index in [9.17, 15) is 5.11 Å². The molecule has 25 heavy (non-hydrogen) atoms. The van der Waals surface area contributed by atoms with Gasteiger partial charge in [0.25, 0.3) is 0 Å². The van der Waals surface area contributed by atoms with E-state index in [1.54, 1.807) is 26.4 Å². The van der Waals surface area contributed by atoms with Crippen LogP contribution in [0.1, 0.15) is 29.4 Å². The van der Waals surface area contributed by atoms with Crippen LogP contribution in [0.4, 0.5) is 0 Å². The number of methoxy groups -OCH3 is 2. The second-order valence-corrected chi connectivity index (χ2v) is 6.33. The number of ether oxygens (including phenoxy) is 2. The van der Waals surface area contributed by atoms with Crippen molar-refractivity contribution in [2.24, 2.45) is 0 Å². The molecule has 0 bridgehead atoms. The minimum absolute atomic E-state index is 0.247. The zero-order valence-electron chi connectivity index (χ0n) is 15.0. The van der Waals surface area contributed by atoms with Gasteiger partial charge in [-0.25, -0.2) is 0 Å². The molecule has 0 radical (unpaired) electrons. The Morgan fingerprint density at radius 2 is 1.44 bits per heavy atom. The summed E-state index contributed by atoms with van der Waals surface area (Å²) in [6, 6.07) is 17.4. The summed E-state index contributed by atoms with van der Waals surface area (Å²) in [5, 5.41) is 9.68. The molecule has 0 spiro atoms. The first-order valence-electron chi connectivity index (χ1n) is 8.16. The number of aromatic amines is 1. The zero-order valence-corrected chi connectivity index (χ0v) is 15.0. The van der Waals surface area contributed by atoms with Crippen molar-refractivity contribution >= 4 is 0 Å². The summed E-state index contributed by atoms with van der Waals surface area (Å²) in [6.07, 6.45) is 0. The van der Waals surface area contributed by atoms with Crippen molar-refractivity contribution in [3.05, 3.63) is 77.1 Å². The molecule has 3 aromatic rings. The van der Waals surface area contributed by atoms with Crippen LogP contribution in [-0.2, 0) is 5.41 Å². The van der Waals surface area contributed by atoms with Gasteiger partial charge in [0.05, 0.1) is 19.6 Å². The van der Waals surface area contributed by atoms with Crippen LogP contribution in [0, 0.1) is 6.92 Å². The van der Waals surface area contributed by atoms with Crippen molar-refractivity contribution in [2.75, 3.05) is 14.2 Å². The minimum Gasteiger partial charge on any atom is -0.508 e. The van der Waals surface area contributed by atoms with E-state index in [4.69, 9.17) is 9.47 Å². The van der Waals surface area contributed by atoms with Crippen LogP contribution < -0.4 is 9.47 Å². The first kappa shape index (κ1) is 17.0. The first-order valence-corrected chi connectivity index (χ1v) is 8.16. The third-order valence-corrected chi connectivity index (χ3v) is 4.74. The Morgan fingerprint density at radius 1 is 0.840 bits per heavy atom. The average molecular weight is 337 g/mol. The highest BCUT2D eigenvalue weighted by Gasteiger charge is 2.33. The molecule has 0 aliphatic carbocycles. The number of aromatic hydroxyl groups is 1. The summed E-state index contributed by atoms with van der Waals surface area (Å²) in [5.74, 6) is 1.72. The van der Waals surface area contributed by atoms with Crippen LogP contribution in [0.2, 0.25) is 0 Å². The van der Waals surface area contributed by atoms with Crippen molar-refractivity contribution < 1.29 is 14.6 Å². The van der Waals surface area contributed by atoms with Gasteiger partial charge in [0, 0.05) is 17.5 Å². The fraction of sp³-hybridized carbons (Fsp3) is 0.238. The number of benzene rings is 2. The highest BCUT2D eigenvalue weighted by atomic mass is 16.5. The Morgan fingerprint density at radius 3 is 1.92 bits per heavy atom. The quantitative estimate of drug-likeness (QED) is 0.725. The third kappa shape index (κ3) is 3.07. The van der Waals surface area contributed by atoms with E-state index in [0.717, 1.165) is 34.0 Å². The second kappa shape index (κ2) is 6.55. The molecular weight excluding hydrogens is 314 g/mol. The molecule has 4 heteroatoms. The van der Waals surface area contributed by atoms with Gasteiger partial charge in [-0.05, 0) is 61.4 Å². The van der Waals surface area contributed by atoms with E-state index in [1.165, 1.54) is 0 Å². The molecule has 0 aliphatic rings. The maximum Gasteiger partial charge on any atom is 0.122 e. The second-order valence-electron chi connectivity index (χ2n) is 6.33. The van der Waals surface area contributed by atoms with Crippen LogP contribution >= 0.6 is 0 Å². The maximum atomic E-state index is 9.68. The first-order chi connectivity index (χ1) is 12.0. The number of rotatable bonds is 5. The fourth-order valence-electron chi connectivity index (χ4n) is 3.16. The van der Waals surface area contributed by atoms with Crippen LogP contribution in [-0.4, -0.2) is 24.3 Å². The van der Waals surface area contributed by atoms with E-state index in [2.05, 4.69) is 24.0 Å². The van der Waals surface area contributed by atoms with Crippen molar-refractivity contribution in [2.45, 2.75) is 19.3 Å². The van der Waals surface area contributed by atoms with Gasteiger partial charge in [-0.3, -0.25) is 0 Å². The Hall–Kier alpha value is -2.88. The van der Waals surface area contributed by atoms with E-state index >= 15 is 0 Å². The lowest BCUT2D eigenvalue weighted by Gasteiger charge is -2.31. The standard InChI is InChI=1S/C21H23NO3/c1-14-5-10-20(22-14)21(2,15-6-8-17(23)9-7-15)16-11-18(24-3)13-19(12-16)25-4/h5-13,22-23H,1-4H3/t21-/m0/s1. The molecule has 2 N–H and O–H groups in total. The predicted octanol–water partition coefficient (Wildman–Crippen LogP) is 4.40. The zero-order chi connectivity index (χ0) is 18.0. The van der Waals surface area contributed by atoms with Crippen LogP contribution in [0.5, 0.6) is 17.2 Å². The molecule has 0 amide bonds. The molecule has 0 saturated carbocycles. The van der Waals surface area contributed by atoms with Gasteiger partial charge in [-0.1, -0.05) is 12.1 Å². The Kier molecular flexibility index (Phi) is 4.45. The number of hydrogen-bond donors (Lipinski definition) is 2. The number of phenols is 1. The lowest BCUT2D eigenvalue weighted by Crippen LogP contribution is -2.26. The van der Waals surface area contributed by atoms with Gasteiger partial charge in [0.1, 0.15) is 17.2 Å². The maximum absolute atomic E-state index is 9.68. The molecule has 0 unspecified atom stereocenters. The van der Waals surface area contributed by atoms with Crippen LogP contribution in [0.3, 0.4) is 0 Å². The summed E-state index contributed by atoms with van der Waals surface area (Å²) in [5.41, 5.74) is 3.80. The van der Waals surface area contributed by atoms with Crippen LogP contribution in [0.25, 0.3) is 0 Å².